The van der Waals surface area contributed by atoms with E-state index in [1.807, 2.05) is 6.08 Å². The molecule has 1 rings (SSSR count). The van der Waals surface area contributed by atoms with E-state index in [1.165, 1.54) is 0 Å². The average Bonchev–Trinajstić information content (AvgIpc) is 2.08. The molecule has 0 aliphatic heterocycles. The van der Waals surface area contributed by atoms with Crippen LogP contribution < -0.4 is 0 Å². The molecule has 57 valence electrons. The lowest BCUT2D eigenvalue weighted by atomic mass is 10.2. The minimum absolute atomic E-state index is 1.02. The number of hydrogen-bond donors (Lipinski definition) is 0. The van der Waals surface area contributed by atoms with E-state index in [2.05, 4.69) is 42.5 Å². The summed E-state index contributed by atoms with van der Waals surface area (Å²) in [7, 11) is 0. The highest BCUT2D eigenvalue weighted by atomic mass is 13.8. The standard InChI is InChI=1S/C11H13/c1-2-4-6-8-10-11-9-7-5-3-1/h1-4,7,9,11H,5-6,8H2/b3-1-,4-2-,9-7-,11-10?. The molecule has 0 bridgehead atoms. The first kappa shape index (κ1) is 8.06. The first-order valence-electron chi connectivity index (χ1n) is 4.03. The molecule has 0 fully saturated rings. The van der Waals surface area contributed by atoms with Gasteiger partial charge in [0, 0.05) is 0 Å². The van der Waals surface area contributed by atoms with Gasteiger partial charge in [-0.15, -0.1) is 0 Å². The number of hydrogen-bond acceptors (Lipinski definition) is 0. The van der Waals surface area contributed by atoms with Crippen molar-refractivity contribution < 1.29 is 0 Å². The van der Waals surface area contributed by atoms with Gasteiger partial charge in [-0.05, 0) is 25.3 Å². The van der Waals surface area contributed by atoms with Gasteiger partial charge in [-0.2, -0.15) is 0 Å². The van der Waals surface area contributed by atoms with Gasteiger partial charge < -0.3 is 0 Å². The lowest BCUT2D eigenvalue weighted by Crippen LogP contribution is -1.63. The van der Waals surface area contributed by atoms with Crippen LogP contribution in [0.1, 0.15) is 19.3 Å². The molecule has 1 aliphatic rings. The van der Waals surface area contributed by atoms with Gasteiger partial charge in [0.2, 0.25) is 0 Å². The molecule has 0 amide bonds. The van der Waals surface area contributed by atoms with E-state index in [-0.39, 0.29) is 0 Å². The van der Waals surface area contributed by atoms with Gasteiger partial charge in [0.05, 0.1) is 0 Å². The second-order valence-electron chi connectivity index (χ2n) is 2.43. The Kier molecular flexibility index (Phi) is 4.19. The molecule has 0 aromatic carbocycles. The Hall–Kier alpha value is -1.04. The average molecular weight is 145 g/mol. The molecule has 0 saturated heterocycles. The summed E-state index contributed by atoms with van der Waals surface area (Å²) >= 11 is 0. The van der Waals surface area contributed by atoms with Crippen LogP contribution in [0.15, 0.2) is 42.5 Å². The highest BCUT2D eigenvalue weighted by molar-refractivity contribution is 5.08. The fourth-order valence-electron chi connectivity index (χ4n) is 0.875. The van der Waals surface area contributed by atoms with Crippen LogP contribution in [0.3, 0.4) is 0 Å². The fraction of sp³-hybridized carbons (Fsp3) is 0.273. The molecule has 0 aromatic rings. The lowest BCUT2D eigenvalue weighted by molar-refractivity contribution is 1.03. The Bertz CT molecular complexity index is 170. The molecule has 0 spiro atoms. The van der Waals surface area contributed by atoms with Crippen molar-refractivity contribution in [1.82, 2.24) is 0 Å². The molecule has 1 aliphatic carbocycles. The largest absolute Gasteiger partial charge is 0.0842 e. The first-order valence-corrected chi connectivity index (χ1v) is 4.03. The highest BCUT2D eigenvalue weighted by Crippen LogP contribution is 1.96. The lowest BCUT2D eigenvalue weighted by Gasteiger charge is -1.81. The van der Waals surface area contributed by atoms with Crippen molar-refractivity contribution in [2.75, 3.05) is 0 Å². The molecule has 0 aromatic heterocycles. The van der Waals surface area contributed by atoms with Gasteiger partial charge in [-0.25, -0.2) is 0 Å². The Morgan fingerprint density at radius 1 is 0.909 bits per heavy atom. The SMILES string of the molecule is [C]1=C\C=C/C/C=C\C=C/CC/1. The van der Waals surface area contributed by atoms with Crippen LogP contribution in [0.2, 0.25) is 0 Å². The zero-order valence-corrected chi connectivity index (χ0v) is 6.66. The van der Waals surface area contributed by atoms with Gasteiger partial charge in [-0.1, -0.05) is 42.5 Å². The van der Waals surface area contributed by atoms with Gasteiger partial charge >= 0.3 is 0 Å². The van der Waals surface area contributed by atoms with Crippen molar-refractivity contribution in [3.05, 3.63) is 48.6 Å². The van der Waals surface area contributed by atoms with Crippen LogP contribution in [0.25, 0.3) is 0 Å². The molecule has 0 atom stereocenters. The van der Waals surface area contributed by atoms with E-state index in [9.17, 15) is 0 Å². The van der Waals surface area contributed by atoms with Gasteiger partial charge in [0.15, 0.2) is 0 Å². The summed E-state index contributed by atoms with van der Waals surface area (Å²) in [6.45, 7) is 0. The van der Waals surface area contributed by atoms with Crippen molar-refractivity contribution in [3.8, 4) is 0 Å². The fourth-order valence-corrected chi connectivity index (χ4v) is 0.875. The summed E-state index contributed by atoms with van der Waals surface area (Å²) in [5, 5.41) is 0. The van der Waals surface area contributed by atoms with Crippen molar-refractivity contribution in [2.24, 2.45) is 0 Å². The zero-order chi connectivity index (χ0) is 7.78. The molecular weight excluding hydrogens is 132 g/mol. The summed E-state index contributed by atoms with van der Waals surface area (Å²) in [4.78, 5) is 0. The Morgan fingerprint density at radius 3 is 2.73 bits per heavy atom. The van der Waals surface area contributed by atoms with Crippen LogP contribution >= 0.6 is 0 Å². The predicted molar refractivity (Wildman–Crippen MR) is 49.1 cm³/mol. The van der Waals surface area contributed by atoms with Crippen LogP contribution in [-0.2, 0) is 0 Å². The monoisotopic (exact) mass is 145 g/mol. The van der Waals surface area contributed by atoms with Gasteiger partial charge in [0.1, 0.15) is 0 Å². The normalized spacial score (nSPS) is 29.8. The molecule has 0 unspecified atom stereocenters. The zero-order valence-electron chi connectivity index (χ0n) is 6.66. The Labute approximate surface area is 68.6 Å². The molecule has 0 heterocycles. The quantitative estimate of drug-likeness (QED) is 0.491. The predicted octanol–water partition coefficient (Wildman–Crippen LogP) is 3.20. The van der Waals surface area contributed by atoms with Crippen LogP contribution in [0.5, 0.6) is 0 Å². The van der Waals surface area contributed by atoms with Crippen molar-refractivity contribution in [3.63, 3.8) is 0 Å². The Morgan fingerprint density at radius 2 is 1.73 bits per heavy atom. The summed E-state index contributed by atoms with van der Waals surface area (Å²) in [5.41, 5.74) is 0. The molecule has 1 radical (unpaired) electrons. The van der Waals surface area contributed by atoms with Crippen LogP contribution in [0.4, 0.5) is 0 Å². The Balaban J connectivity index is 2.47. The van der Waals surface area contributed by atoms with E-state index in [1.54, 1.807) is 0 Å². The maximum absolute atomic E-state index is 3.19. The molecular formula is C11H13. The van der Waals surface area contributed by atoms with Crippen LogP contribution in [-0.4, -0.2) is 0 Å². The van der Waals surface area contributed by atoms with E-state index in [0.29, 0.717) is 0 Å². The second-order valence-corrected chi connectivity index (χ2v) is 2.43. The molecule has 0 N–H and O–H groups in total. The third-order valence-corrected chi connectivity index (χ3v) is 1.46. The topological polar surface area (TPSA) is 0 Å². The maximum atomic E-state index is 3.19. The maximum Gasteiger partial charge on any atom is -0.0163 e. The highest BCUT2D eigenvalue weighted by Gasteiger charge is 1.76. The molecule has 0 saturated carbocycles. The number of rotatable bonds is 0. The summed E-state index contributed by atoms with van der Waals surface area (Å²) in [5.74, 6) is 0. The van der Waals surface area contributed by atoms with E-state index < -0.39 is 0 Å². The van der Waals surface area contributed by atoms with E-state index in [0.717, 1.165) is 19.3 Å². The minimum Gasteiger partial charge on any atom is -0.0842 e. The molecule has 0 nitrogen and oxygen atoms in total. The third-order valence-electron chi connectivity index (χ3n) is 1.46. The third kappa shape index (κ3) is 4.38. The van der Waals surface area contributed by atoms with Crippen molar-refractivity contribution in [1.29, 1.82) is 0 Å². The van der Waals surface area contributed by atoms with Crippen LogP contribution in [0, 0.1) is 6.08 Å². The summed E-state index contributed by atoms with van der Waals surface area (Å²) in [6, 6.07) is 0. The van der Waals surface area contributed by atoms with Gasteiger partial charge in [0.25, 0.3) is 0 Å². The first-order chi connectivity index (χ1) is 5.50. The smallest absolute Gasteiger partial charge is 0.0163 e. The molecule has 0 heteroatoms. The van der Waals surface area contributed by atoms with Gasteiger partial charge in [-0.3, -0.25) is 0 Å². The van der Waals surface area contributed by atoms with E-state index >= 15 is 0 Å². The molecule has 11 heavy (non-hydrogen) atoms. The second kappa shape index (κ2) is 5.72. The minimum atomic E-state index is 1.02. The summed E-state index contributed by atoms with van der Waals surface area (Å²) in [6.07, 6.45) is 21.0. The van der Waals surface area contributed by atoms with Crippen molar-refractivity contribution >= 4 is 0 Å². The summed E-state index contributed by atoms with van der Waals surface area (Å²) < 4.78 is 0. The number of allylic oxidation sites excluding steroid dienone is 8. The van der Waals surface area contributed by atoms with Crippen molar-refractivity contribution in [2.45, 2.75) is 19.3 Å². The van der Waals surface area contributed by atoms with E-state index in [4.69, 9.17) is 0 Å².